The Morgan fingerprint density at radius 3 is 2.73 bits per heavy atom. The van der Waals surface area contributed by atoms with Gasteiger partial charge in [-0.05, 0) is 56.5 Å². The van der Waals surface area contributed by atoms with E-state index in [0.717, 1.165) is 10.0 Å². The molecule has 0 spiro atoms. The lowest BCUT2D eigenvalue weighted by Gasteiger charge is -2.06. The van der Waals surface area contributed by atoms with Crippen molar-refractivity contribution in [3.63, 3.8) is 0 Å². The van der Waals surface area contributed by atoms with E-state index in [1.807, 2.05) is 42.5 Å². The number of nitrogens with one attached hydrogen (secondary N) is 1. The lowest BCUT2D eigenvalue weighted by Crippen LogP contribution is -2.10. The predicted molar refractivity (Wildman–Crippen MR) is 130 cm³/mol. The quantitative estimate of drug-likeness (QED) is 0.285. The smallest absolute Gasteiger partial charge is 0.291 e. The second-order valence-corrected chi connectivity index (χ2v) is 8.36. The second-order valence-electron chi connectivity index (χ2n) is 7.50. The maximum atomic E-state index is 12.6. The van der Waals surface area contributed by atoms with Gasteiger partial charge in [-0.15, -0.1) is 0 Å². The Labute approximate surface area is 198 Å². The zero-order valence-corrected chi connectivity index (χ0v) is 19.2. The molecule has 0 fully saturated rings. The Balaban J connectivity index is 1.22. The summed E-state index contributed by atoms with van der Waals surface area (Å²) in [6, 6.07) is 25.4. The normalized spacial score (nSPS) is 10.9. The fourth-order valence-electron chi connectivity index (χ4n) is 3.60. The van der Waals surface area contributed by atoms with E-state index >= 15 is 0 Å². The van der Waals surface area contributed by atoms with Crippen LogP contribution in [0.5, 0.6) is 5.75 Å². The third-order valence-electron chi connectivity index (χ3n) is 5.20. The zero-order valence-electron chi connectivity index (χ0n) is 17.6. The third kappa shape index (κ3) is 4.83. The number of hydrogen-bond donors (Lipinski definition) is 1. The average Bonchev–Trinajstić information content (AvgIpc) is 3.48. The van der Waals surface area contributed by atoms with Gasteiger partial charge in [0, 0.05) is 6.20 Å². The van der Waals surface area contributed by atoms with E-state index in [-0.39, 0.29) is 18.3 Å². The van der Waals surface area contributed by atoms with Crippen LogP contribution in [0, 0.1) is 0 Å². The van der Waals surface area contributed by atoms with Crippen LogP contribution in [0.4, 0.5) is 5.69 Å². The number of benzene rings is 3. The lowest BCUT2D eigenvalue weighted by molar-refractivity contribution is 0.0992. The number of ether oxygens (including phenoxy) is 1. The molecule has 164 valence electrons. The van der Waals surface area contributed by atoms with Crippen molar-refractivity contribution in [1.29, 1.82) is 0 Å². The molecule has 0 aliphatic heterocycles. The van der Waals surface area contributed by atoms with Crippen molar-refractivity contribution in [3.8, 4) is 5.75 Å². The van der Waals surface area contributed by atoms with Crippen LogP contribution in [0.15, 0.2) is 100 Å². The van der Waals surface area contributed by atoms with E-state index in [1.54, 1.807) is 29.2 Å². The van der Waals surface area contributed by atoms with Gasteiger partial charge in [0.05, 0.1) is 22.9 Å². The van der Waals surface area contributed by atoms with Crippen molar-refractivity contribution >= 4 is 38.3 Å². The molecule has 2 heterocycles. The number of halogens is 1. The van der Waals surface area contributed by atoms with Crippen LogP contribution in [-0.2, 0) is 13.2 Å². The summed E-state index contributed by atoms with van der Waals surface area (Å²) in [6.45, 7) is 0.827. The largest absolute Gasteiger partial charge is 0.484 e. The highest BCUT2D eigenvalue weighted by atomic mass is 79.9. The highest BCUT2D eigenvalue weighted by Crippen LogP contribution is 2.25. The Hall–Kier alpha value is -3.84. The first-order valence-electron chi connectivity index (χ1n) is 10.4. The fraction of sp³-hybridized carbons (Fsp3) is 0.0769. The summed E-state index contributed by atoms with van der Waals surface area (Å²) in [5.41, 5.74) is 1.76. The molecule has 0 aliphatic rings. The number of amides is 1. The van der Waals surface area contributed by atoms with E-state index in [2.05, 4.69) is 50.6 Å². The minimum atomic E-state index is -0.341. The Morgan fingerprint density at radius 1 is 1.00 bits per heavy atom. The average molecular weight is 502 g/mol. The molecule has 6 nitrogen and oxygen atoms in total. The minimum Gasteiger partial charge on any atom is -0.484 e. The molecule has 0 unspecified atom stereocenters. The number of furan rings is 1. The molecule has 0 saturated heterocycles. The molecule has 3 aromatic carbocycles. The van der Waals surface area contributed by atoms with Gasteiger partial charge in [0.15, 0.2) is 5.76 Å². The number of para-hydroxylation sites is 1. The van der Waals surface area contributed by atoms with Gasteiger partial charge in [-0.1, -0.05) is 54.6 Å². The molecule has 0 saturated carbocycles. The summed E-state index contributed by atoms with van der Waals surface area (Å²) in [7, 11) is 0. The van der Waals surface area contributed by atoms with Crippen LogP contribution < -0.4 is 10.1 Å². The first-order chi connectivity index (χ1) is 16.2. The maximum Gasteiger partial charge on any atom is 0.291 e. The Morgan fingerprint density at radius 2 is 1.82 bits per heavy atom. The van der Waals surface area contributed by atoms with Crippen LogP contribution in [0.25, 0.3) is 10.8 Å². The first kappa shape index (κ1) is 21.0. The van der Waals surface area contributed by atoms with Crippen LogP contribution in [-0.4, -0.2) is 15.7 Å². The summed E-state index contributed by atoms with van der Waals surface area (Å²) < 4.78 is 14.0. The van der Waals surface area contributed by atoms with Crippen molar-refractivity contribution in [3.05, 3.63) is 113 Å². The van der Waals surface area contributed by atoms with E-state index in [4.69, 9.17) is 9.15 Å². The summed E-state index contributed by atoms with van der Waals surface area (Å²) in [5, 5.41) is 9.60. The molecule has 33 heavy (non-hydrogen) atoms. The second kappa shape index (κ2) is 9.34. The molecule has 7 heteroatoms. The number of rotatable bonds is 7. The molecule has 0 bridgehead atoms. The van der Waals surface area contributed by atoms with Gasteiger partial charge < -0.3 is 14.5 Å². The molecule has 5 rings (SSSR count). The molecular formula is C26H20BrN3O3. The lowest BCUT2D eigenvalue weighted by atomic mass is 10.0. The summed E-state index contributed by atoms with van der Waals surface area (Å²) in [4.78, 5) is 12.6. The molecular weight excluding hydrogens is 482 g/mol. The number of carbonyl (C=O) groups is 1. The number of anilines is 1. The number of carbonyl (C=O) groups excluding carboxylic acids is 1. The highest BCUT2D eigenvalue weighted by Gasteiger charge is 2.13. The van der Waals surface area contributed by atoms with Gasteiger partial charge in [-0.2, -0.15) is 5.10 Å². The van der Waals surface area contributed by atoms with Gasteiger partial charge in [0.2, 0.25) is 0 Å². The molecule has 0 radical (unpaired) electrons. The van der Waals surface area contributed by atoms with E-state index in [0.29, 0.717) is 23.7 Å². The van der Waals surface area contributed by atoms with Crippen LogP contribution >= 0.6 is 15.9 Å². The minimum absolute atomic E-state index is 0.211. The topological polar surface area (TPSA) is 69.3 Å². The number of aromatic nitrogens is 2. The van der Waals surface area contributed by atoms with Gasteiger partial charge in [0.1, 0.15) is 18.1 Å². The van der Waals surface area contributed by atoms with E-state index in [1.165, 1.54) is 10.8 Å². The summed E-state index contributed by atoms with van der Waals surface area (Å²) in [6.07, 6.45) is 3.43. The van der Waals surface area contributed by atoms with Gasteiger partial charge in [0.25, 0.3) is 5.91 Å². The molecule has 2 aromatic heterocycles. The van der Waals surface area contributed by atoms with Crippen LogP contribution in [0.3, 0.4) is 0 Å². The Bertz CT molecular complexity index is 1420. The number of hydrogen-bond acceptors (Lipinski definition) is 4. The summed E-state index contributed by atoms with van der Waals surface area (Å²) >= 11 is 3.44. The molecule has 0 atom stereocenters. The van der Waals surface area contributed by atoms with Crippen molar-refractivity contribution < 1.29 is 13.9 Å². The molecule has 5 aromatic rings. The maximum absolute atomic E-state index is 12.6. The SMILES string of the molecule is O=C(Nc1cnn(Cc2cccc3ccccc23)c1)c1ccc(COc2ccccc2Br)o1. The molecule has 1 amide bonds. The van der Waals surface area contributed by atoms with E-state index < -0.39 is 0 Å². The fourth-order valence-corrected chi connectivity index (χ4v) is 4.00. The summed E-state index contributed by atoms with van der Waals surface area (Å²) in [5.74, 6) is 1.13. The molecule has 1 N–H and O–H groups in total. The van der Waals surface area contributed by atoms with E-state index in [9.17, 15) is 4.79 Å². The van der Waals surface area contributed by atoms with Crippen molar-refractivity contribution in [2.45, 2.75) is 13.2 Å². The highest BCUT2D eigenvalue weighted by molar-refractivity contribution is 9.10. The van der Waals surface area contributed by atoms with Crippen molar-refractivity contribution in [2.75, 3.05) is 5.32 Å². The number of fused-ring (bicyclic) bond motifs is 1. The van der Waals surface area contributed by atoms with Crippen LogP contribution in [0.2, 0.25) is 0 Å². The van der Waals surface area contributed by atoms with Gasteiger partial charge >= 0.3 is 0 Å². The molecule has 0 aliphatic carbocycles. The van der Waals surface area contributed by atoms with Gasteiger partial charge in [-0.3, -0.25) is 9.48 Å². The number of nitrogens with zero attached hydrogens (tertiary/aromatic N) is 2. The third-order valence-corrected chi connectivity index (χ3v) is 5.85. The van der Waals surface area contributed by atoms with Crippen LogP contribution in [0.1, 0.15) is 21.9 Å². The van der Waals surface area contributed by atoms with Gasteiger partial charge in [-0.25, -0.2) is 0 Å². The predicted octanol–water partition coefficient (Wildman–Crippen LogP) is 6.27. The Kier molecular flexibility index (Phi) is 5.95. The standard InChI is InChI=1S/C26H20BrN3O3/c27-23-10-3-4-11-24(23)32-17-21-12-13-25(33-21)26(31)29-20-14-28-30(16-20)15-19-8-5-7-18-6-1-2-9-22(18)19/h1-14,16H,15,17H2,(H,29,31). The monoisotopic (exact) mass is 501 g/mol. The zero-order chi connectivity index (χ0) is 22.6. The van der Waals surface area contributed by atoms with Crippen molar-refractivity contribution in [1.82, 2.24) is 9.78 Å². The van der Waals surface area contributed by atoms with Crippen molar-refractivity contribution in [2.24, 2.45) is 0 Å². The first-order valence-corrected chi connectivity index (χ1v) is 11.2.